The van der Waals surface area contributed by atoms with E-state index in [0.717, 1.165) is 16.9 Å². The fraction of sp³-hybridized carbons (Fsp3) is 0.0588. The number of benzene rings is 2. The van der Waals surface area contributed by atoms with E-state index in [9.17, 15) is 4.79 Å². The highest BCUT2D eigenvalue weighted by Gasteiger charge is 2.21. The number of rotatable bonds is 4. The van der Waals surface area contributed by atoms with Gasteiger partial charge in [-0.3, -0.25) is 4.79 Å². The Hall–Kier alpha value is -1.82. The van der Waals surface area contributed by atoms with Crippen molar-refractivity contribution in [2.45, 2.75) is 6.61 Å². The monoisotopic (exact) mass is 361 g/mol. The molecular weight excluding hydrogens is 350 g/mol. The summed E-state index contributed by atoms with van der Waals surface area (Å²) in [5.74, 6) is 0.577. The molecule has 1 aliphatic heterocycles. The van der Waals surface area contributed by atoms with Gasteiger partial charge in [0.25, 0.3) is 5.91 Å². The number of carbonyl (C=O) groups is 1. The molecule has 1 fully saturated rings. The summed E-state index contributed by atoms with van der Waals surface area (Å²) < 4.78 is 6.26. The average molecular weight is 362 g/mol. The van der Waals surface area contributed by atoms with Gasteiger partial charge in [-0.15, -0.1) is 0 Å². The van der Waals surface area contributed by atoms with E-state index >= 15 is 0 Å². The van der Waals surface area contributed by atoms with Crippen LogP contribution < -0.4 is 10.1 Å². The molecule has 2 aromatic rings. The minimum atomic E-state index is -0.160. The highest BCUT2D eigenvalue weighted by atomic mass is 35.5. The summed E-state index contributed by atoms with van der Waals surface area (Å²) in [7, 11) is 0. The van der Waals surface area contributed by atoms with Crippen molar-refractivity contribution in [1.29, 1.82) is 0 Å². The predicted molar refractivity (Wildman–Crippen MR) is 98.5 cm³/mol. The number of halogens is 1. The highest BCUT2D eigenvalue weighted by Crippen LogP contribution is 2.27. The maximum atomic E-state index is 11.7. The fourth-order valence-corrected chi connectivity index (χ4v) is 3.18. The number of thioether (sulfide) groups is 1. The molecular formula is C17H12ClNO2S2. The lowest BCUT2D eigenvalue weighted by Crippen LogP contribution is -2.17. The Kier molecular flexibility index (Phi) is 5.00. The summed E-state index contributed by atoms with van der Waals surface area (Å²) in [5, 5.41) is 3.30. The first-order chi connectivity index (χ1) is 11.1. The summed E-state index contributed by atoms with van der Waals surface area (Å²) in [5.41, 5.74) is 1.93. The maximum absolute atomic E-state index is 11.7. The van der Waals surface area contributed by atoms with E-state index in [1.54, 1.807) is 6.08 Å². The Morgan fingerprint density at radius 3 is 2.70 bits per heavy atom. The van der Waals surface area contributed by atoms with Gasteiger partial charge in [-0.2, -0.15) is 0 Å². The molecule has 0 atom stereocenters. The Morgan fingerprint density at radius 1 is 1.22 bits per heavy atom. The molecule has 0 unspecified atom stereocenters. The van der Waals surface area contributed by atoms with Gasteiger partial charge in [0.15, 0.2) is 0 Å². The zero-order valence-electron chi connectivity index (χ0n) is 11.9. The van der Waals surface area contributed by atoms with Gasteiger partial charge in [-0.25, -0.2) is 0 Å². The first-order valence-corrected chi connectivity index (χ1v) is 8.42. The van der Waals surface area contributed by atoms with Gasteiger partial charge in [0.1, 0.15) is 16.7 Å². The van der Waals surface area contributed by atoms with Crippen LogP contribution in [0, 0.1) is 0 Å². The van der Waals surface area contributed by atoms with Crippen molar-refractivity contribution in [3.8, 4) is 5.75 Å². The first-order valence-electron chi connectivity index (χ1n) is 6.82. The third kappa shape index (κ3) is 4.34. The Labute approximate surface area is 148 Å². The largest absolute Gasteiger partial charge is 0.489 e. The number of thiocarbonyl (C=S) groups is 1. The number of carbonyl (C=O) groups excluding carboxylic acids is 1. The average Bonchev–Trinajstić information content (AvgIpc) is 2.85. The van der Waals surface area contributed by atoms with Gasteiger partial charge in [0.05, 0.1) is 4.91 Å². The second-order valence-corrected chi connectivity index (χ2v) is 7.00. The van der Waals surface area contributed by atoms with Crippen LogP contribution in [0.5, 0.6) is 5.75 Å². The van der Waals surface area contributed by atoms with Crippen molar-refractivity contribution in [3.63, 3.8) is 0 Å². The molecule has 6 heteroatoms. The molecule has 1 saturated heterocycles. The maximum Gasteiger partial charge on any atom is 0.263 e. The number of amides is 1. The van der Waals surface area contributed by atoms with Crippen molar-refractivity contribution in [2.24, 2.45) is 0 Å². The summed E-state index contributed by atoms with van der Waals surface area (Å²) in [6.45, 7) is 0.455. The molecule has 0 aliphatic carbocycles. The minimum Gasteiger partial charge on any atom is -0.489 e. The molecule has 1 N–H and O–H groups in total. The van der Waals surface area contributed by atoms with Crippen molar-refractivity contribution in [1.82, 2.24) is 5.32 Å². The van der Waals surface area contributed by atoms with E-state index in [1.807, 2.05) is 48.5 Å². The molecule has 0 spiro atoms. The minimum absolute atomic E-state index is 0.160. The van der Waals surface area contributed by atoms with Gasteiger partial charge < -0.3 is 10.1 Å². The van der Waals surface area contributed by atoms with Crippen molar-refractivity contribution in [2.75, 3.05) is 0 Å². The van der Waals surface area contributed by atoms with Crippen LogP contribution in [0.1, 0.15) is 11.1 Å². The Bertz CT molecular complexity index is 787. The second kappa shape index (κ2) is 7.17. The molecule has 0 saturated carbocycles. The molecule has 2 aromatic carbocycles. The van der Waals surface area contributed by atoms with Crippen molar-refractivity contribution >= 4 is 51.9 Å². The number of nitrogens with one attached hydrogen (secondary N) is 1. The Balaban J connectivity index is 1.70. The first kappa shape index (κ1) is 16.1. The standard InChI is InChI=1S/C17H12ClNO2S2/c18-13-6-4-11(5-7-13)10-21-14-3-1-2-12(8-14)9-15-16(20)19-17(22)23-15/h1-9H,10H2,(H,19,20,22)/b15-9-. The van der Waals surface area contributed by atoms with E-state index in [1.165, 1.54) is 11.8 Å². The molecule has 1 heterocycles. The van der Waals surface area contributed by atoms with Crippen molar-refractivity contribution in [3.05, 3.63) is 69.6 Å². The van der Waals surface area contributed by atoms with Crippen LogP contribution in [0.3, 0.4) is 0 Å². The zero-order chi connectivity index (χ0) is 16.2. The van der Waals surface area contributed by atoms with E-state index in [-0.39, 0.29) is 5.91 Å². The van der Waals surface area contributed by atoms with Crippen molar-refractivity contribution < 1.29 is 9.53 Å². The van der Waals surface area contributed by atoms with Crippen LogP contribution in [-0.2, 0) is 11.4 Å². The van der Waals surface area contributed by atoms with Gasteiger partial charge in [-0.1, -0.05) is 59.8 Å². The van der Waals surface area contributed by atoms with Crippen LogP contribution in [-0.4, -0.2) is 10.2 Å². The SMILES string of the molecule is O=C1NC(=S)S/C1=C\c1cccc(OCc2ccc(Cl)cc2)c1. The number of hydrogen-bond acceptors (Lipinski definition) is 4. The normalized spacial score (nSPS) is 15.8. The summed E-state index contributed by atoms with van der Waals surface area (Å²) >= 11 is 12.1. The zero-order valence-corrected chi connectivity index (χ0v) is 14.3. The van der Waals surface area contributed by atoms with Crippen LogP contribution in [0.15, 0.2) is 53.4 Å². The van der Waals surface area contributed by atoms with E-state index in [0.29, 0.717) is 20.9 Å². The third-order valence-corrected chi connectivity index (χ3v) is 4.53. The second-order valence-electron chi connectivity index (χ2n) is 4.84. The predicted octanol–water partition coefficient (Wildman–Crippen LogP) is 4.41. The van der Waals surface area contributed by atoms with Crippen LogP contribution in [0.25, 0.3) is 6.08 Å². The topological polar surface area (TPSA) is 38.3 Å². The lowest BCUT2D eigenvalue weighted by Gasteiger charge is -2.07. The molecule has 3 rings (SSSR count). The van der Waals surface area contributed by atoms with Gasteiger partial charge in [0, 0.05) is 5.02 Å². The molecule has 116 valence electrons. The number of hydrogen-bond donors (Lipinski definition) is 1. The molecule has 0 bridgehead atoms. The quantitative estimate of drug-likeness (QED) is 0.646. The summed E-state index contributed by atoms with van der Waals surface area (Å²) in [6.07, 6.45) is 1.80. The van der Waals surface area contributed by atoms with E-state index in [4.69, 9.17) is 28.6 Å². The molecule has 0 radical (unpaired) electrons. The lowest BCUT2D eigenvalue weighted by atomic mass is 10.2. The third-order valence-electron chi connectivity index (χ3n) is 3.12. The molecule has 23 heavy (non-hydrogen) atoms. The molecule has 0 aromatic heterocycles. The summed E-state index contributed by atoms with van der Waals surface area (Å²) in [6, 6.07) is 15.1. The Morgan fingerprint density at radius 2 is 2.00 bits per heavy atom. The lowest BCUT2D eigenvalue weighted by molar-refractivity contribution is -0.115. The van der Waals surface area contributed by atoms with E-state index < -0.39 is 0 Å². The van der Waals surface area contributed by atoms with Crippen LogP contribution in [0.2, 0.25) is 5.02 Å². The van der Waals surface area contributed by atoms with Gasteiger partial charge in [0.2, 0.25) is 0 Å². The fourth-order valence-electron chi connectivity index (χ4n) is 2.01. The summed E-state index contributed by atoms with van der Waals surface area (Å²) in [4.78, 5) is 12.3. The van der Waals surface area contributed by atoms with Gasteiger partial charge >= 0.3 is 0 Å². The van der Waals surface area contributed by atoms with E-state index in [2.05, 4.69) is 5.32 Å². The molecule has 1 aliphatic rings. The molecule has 3 nitrogen and oxygen atoms in total. The molecule has 1 amide bonds. The van der Waals surface area contributed by atoms with Crippen LogP contribution >= 0.6 is 35.6 Å². The van der Waals surface area contributed by atoms with Crippen LogP contribution in [0.4, 0.5) is 0 Å². The smallest absolute Gasteiger partial charge is 0.263 e. The number of ether oxygens (including phenoxy) is 1. The highest BCUT2D eigenvalue weighted by molar-refractivity contribution is 8.26. The van der Waals surface area contributed by atoms with Gasteiger partial charge in [-0.05, 0) is 41.5 Å².